The summed E-state index contributed by atoms with van der Waals surface area (Å²) < 4.78 is 2.07. The number of hydrogen-bond acceptors (Lipinski definition) is 3. The van der Waals surface area contributed by atoms with Crippen molar-refractivity contribution in [3.63, 3.8) is 0 Å². The molecule has 0 fully saturated rings. The molecule has 1 amide bonds. The van der Waals surface area contributed by atoms with Gasteiger partial charge in [-0.1, -0.05) is 48.5 Å². The molecule has 156 valence electrons. The highest BCUT2D eigenvalue weighted by molar-refractivity contribution is 7.17. The van der Waals surface area contributed by atoms with Crippen LogP contribution >= 0.6 is 11.3 Å². The predicted molar refractivity (Wildman–Crippen MR) is 126 cm³/mol. The van der Waals surface area contributed by atoms with Gasteiger partial charge in [0, 0.05) is 17.0 Å². The highest BCUT2D eigenvalue weighted by Gasteiger charge is 2.27. The van der Waals surface area contributed by atoms with Crippen LogP contribution in [0.25, 0.3) is 16.1 Å². The summed E-state index contributed by atoms with van der Waals surface area (Å²) in [4.78, 5) is 14.8. The van der Waals surface area contributed by atoms with E-state index in [0.29, 0.717) is 6.54 Å². The van der Waals surface area contributed by atoms with E-state index in [1.54, 1.807) is 11.3 Å². The Bertz CT molecular complexity index is 1210. The molecule has 2 aromatic heterocycles. The highest BCUT2D eigenvalue weighted by atomic mass is 32.1. The zero-order valence-electron chi connectivity index (χ0n) is 17.6. The van der Waals surface area contributed by atoms with E-state index in [1.165, 1.54) is 27.3 Å². The molecule has 0 aliphatic heterocycles. The van der Waals surface area contributed by atoms with E-state index < -0.39 is 0 Å². The molecule has 5 heteroatoms. The van der Waals surface area contributed by atoms with Crippen molar-refractivity contribution in [3.05, 3.63) is 94.1 Å². The molecule has 0 saturated heterocycles. The molecule has 31 heavy (non-hydrogen) atoms. The summed E-state index contributed by atoms with van der Waals surface area (Å²) in [6.45, 7) is 2.75. The van der Waals surface area contributed by atoms with Gasteiger partial charge in [-0.3, -0.25) is 4.79 Å². The van der Waals surface area contributed by atoms with Crippen LogP contribution in [0.5, 0.6) is 0 Å². The Balaban J connectivity index is 1.32. The van der Waals surface area contributed by atoms with Crippen molar-refractivity contribution in [1.29, 1.82) is 0 Å². The van der Waals surface area contributed by atoms with Crippen LogP contribution in [0.1, 0.15) is 38.6 Å². The average molecular weight is 428 g/mol. The van der Waals surface area contributed by atoms with E-state index in [9.17, 15) is 4.79 Å². The Morgan fingerprint density at radius 3 is 2.58 bits per heavy atom. The van der Waals surface area contributed by atoms with Crippen LogP contribution < -0.4 is 5.32 Å². The molecule has 2 aromatic carbocycles. The fourth-order valence-corrected chi connectivity index (χ4v) is 5.55. The van der Waals surface area contributed by atoms with Crippen LogP contribution in [-0.2, 0) is 19.3 Å². The summed E-state index contributed by atoms with van der Waals surface area (Å²) in [5.74, 6) is 0.0297. The third kappa shape index (κ3) is 3.93. The summed E-state index contributed by atoms with van der Waals surface area (Å²) in [6.07, 6.45) is 3.79. The minimum Gasteiger partial charge on any atom is -0.351 e. The topological polar surface area (TPSA) is 46.9 Å². The van der Waals surface area contributed by atoms with Gasteiger partial charge in [0.1, 0.15) is 0 Å². The molecular formula is C26H25N3OS. The van der Waals surface area contributed by atoms with Crippen LogP contribution in [0.4, 0.5) is 0 Å². The van der Waals surface area contributed by atoms with Crippen molar-refractivity contribution in [2.45, 2.75) is 32.6 Å². The van der Waals surface area contributed by atoms with E-state index in [1.807, 2.05) is 24.3 Å². The molecule has 0 spiro atoms. The summed E-state index contributed by atoms with van der Waals surface area (Å²) in [7, 11) is 0. The van der Waals surface area contributed by atoms with Gasteiger partial charge < -0.3 is 5.32 Å². The molecule has 1 aliphatic rings. The van der Waals surface area contributed by atoms with Gasteiger partial charge >= 0.3 is 0 Å². The van der Waals surface area contributed by atoms with Gasteiger partial charge in [0.15, 0.2) is 0 Å². The second-order valence-corrected chi connectivity index (χ2v) is 9.02. The van der Waals surface area contributed by atoms with Crippen molar-refractivity contribution in [1.82, 2.24) is 15.1 Å². The van der Waals surface area contributed by atoms with Gasteiger partial charge in [0.2, 0.25) is 0 Å². The van der Waals surface area contributed by atoms with Crippen molar-refractivity contribution in [2.24, 2.45) is 0 Å². The first-order valence-electron chi connectivity index (χ1n) is 10.8. The smallest absolute Gasteiger partial charge is 0.261 e. The number of aryl methyl sites for hydroxylation is 3. The maximum absolute atomic E-state index is 12.8. The number of thiophene rings is 1. The number of nitrogens with zero attached hydrogens (tertiary/aromatic N) is 2. The average Bonchev–Trinajstić information content (AvgIpc) is 3.39. The van der Waals surface area contributed by atoms with E-state index in [2.05, 4.69) is 59.4 Å². The normalized spacial score (nSPS) is 12.3. The van der Waals surface area contributed by atoms with E-state index in [0.717, 1.165) is 41.9 Å². The van der Waals surface area contributed by atoms with Crippen LogP contribution in [-0.4, -0.2) is 22.2 Å². The fraction of sp³-hybridized carbons (Fsp3) is 0.231. The number of carbonyl (C=O) groups is 1. The Morgan fingerprint density at radius 2 is 1.81 bits per heavy atom. The molecule has 4 aromatic rings. The van der Waals surface area contributed by atoms with Gasteiger partial charge in [0.05, 0.1) is 22.0 Å². The Morgan fingerprint density at radius 1 is 1.06 bits per heavy atom. The lowest BCUT2D eigenvalue weighted by Gasteiger charge is -2.14. The summed E-state index contributed by atoms with van der Waals surface area (Å²) >= 11 is 1.60. The number of carbonyl (C=O) groups excluding carboxylic acids is 1. The van der Waals surface area contributed by atoms with E-state index in [-0.39, 0.29) is 5.91 Å². The van der Waals surface area contributed by atoms with Crippen LogP contribution in [0.3, 0.4) is 0 Å². The van der Waals surface area contributed by atoms with Crippen molar-refractivity contribution in [2.75, 3.05) is 6.54 Å². The minimum atomic E-state index is 0.0297. The number of aromatic nitrogens is 2. The second kappa shape index (κ2) is 8.52. The Labute approximate surface area is 186 Å². The number of rotatable bonds is 6. The summed E-state index contributed by atoms with van der Waals surface area (Å²) in [5, 5.41) is 7.93. The third-order valence-electron chi connectivity index (χ3n) is 5.82. The van der Waals surface area contributed by atoms with E-state index >= 15 is 0 Å². The van der Waals surface area contributed by atoms with Crippen LogP contribution in [0, 0.1) is 6.92 Å². The van der Waals surface area contributed by atoms with Crippen molar-refractivity contribution < 1.29 is 4.79 Å². The molecular weight excluding hydrogens is 402 g/mol. The predicted octanol–water partition coefficient (Wildman–Crippen LogP) is 5.37. The lowest BCUT2D eigenvalue weighted by molar-refractivity contribution is 0.0957. The lowest BCUT2D eigenvalue weighted by atomic mass is 9.95. The maximum atomic E-state index is 12.8. The molecule has 0 unspecified atom stereocenters. The first kappa shape index (κ1) is 19.8. The number of para-hydroxylation sites is 1. The molecule has 0 saturated carbocycles. The Kier molecular flexibility index (Phi) is 5.43. The minimum absolute atomic E-state index is 0.0297. The molecule has 0 radical (unpaired) electrons. The number of amides is 1. The standard InChI is InChI=1S/C26H25N3OS/c1-18-24-22(29(28-18)21-12-6-3-7-13-21)15-14-20-17-23(31-25(20)24)26(30)27-16-8-11-19-9-4-2-5-10-19/h2-7,9-10,12-13,17H,8,11,14-16H2,1H3,(H,27,30). The number of benzene rings is 2. The number of nitrogens with one attached hydrogen (secondary N) is 1. The summed E-state index contributed by atoms with van der Waals surface area (Å²) in [5.41, 5.74) is 7.13. The Hall–Kier alpha value is -3.18. The van der Waals surface area contributed by atoms with Crippen molar-refractivity contribution >= 4 is 17.2 Å². The zero-order chi connectivity index (χ0) is 21.2. The van der Waals surface area contributed by atoms with Gasteiger partial charge in [0.25, 0.3) is 5.91 Å². The number of fused-ring (bicyclic) bond motifs is 3. The van der Waals surface area contributed by atoms with Gasteiger partial charge in [-0.25, -0.2) is 4.68 Å². The van der Waals surface area contributed by atoms with Gasteiger partial charge in [-0.2, -0.15) is 5.10 Å². The SMILES string of the molecule is Cc1nn(-c2ccccc2)c2c1-c1sc(C(=O)NCCCc3ccccc3)cc1CC2. The first-order chi connectivity index (χ1) is 15.2. The van der Waals surface area contributed by atoms with Gasteiger partial charge in [-0.05, 0) is 61.9 Å². The monoisotopic (exact) mass is 427 g/mol. The largest absolute Gasteiger partial charge is 0.351 e. The fourth-order valence-electron chi connectivity index (χ4n) is 4.30. The maximum Gasteiger partial charge on any atom is 0.261 e. The number of hydrogen-bond donors (Lipinski definition) is 1. The van der Waals surface area contributed by atoms with Crippen molar-refractivity contribution in [3.8, 4) is 16.1 Å². The molecule has 1 aliphatic carbocycles. The molecule has 0 bridgehead atoms. The first-order valence-corrected chi connectivity index (χ1v) is 11.6. The van der Waals surface area contributed by atoms with Crippen LogP contribution in [0.2, 0.25) is 0 Å². The lowest BCUT2D eigenvalue weighted by Crippen LogP contribution is -2.23. The second-order valence-electron chi connectivity index (χ2n) is 7.96. The van der Waals surface area contributed by atoms with Crippen LogP contribution in [0.15, 0.2) is 66.7 Å². The summed E-state index contributed by atoms with van der Waals surface area (Å²) in [6, 6.07) is 22.8. The quantitative estimate of drug-likeness (QED) is 0.421. The molecule has 2 heterocycles. The molecule has 1 N–H and O–H groups in total. The molecule has 4 nitrogen and oxygen atoms in total. The molecule has 5 rings (SSSR count). The molecule has 0 atom stereocenters. The van der Waals surface area contributed by atoms with E-state index in [4.69, 9.17) is 5.10 Å². The van der Waals surface area contributed by atoms with Gasteiger partial charge in [-0.15, -0.1) is 11.3 Å². The zero-order valence-corrected chi connectivity index (χ0v) is 18.4. The third-order valence-corrected chi connectivity index (χ3v) is 7.01. The highest BCUT2D eigenvalue weighted by Crippen LogP contribution is 2.42.